The van der Waals surface area contributed by atoms with Gasteiger partial charge in [-0.1, -0.05) is 48.0 Å². The highest BCUT2D eigenvalue weighted by molar-refractivity contribution is 6.31. The van der Waals surface area contributed by atoms with Gasteiger partial charge in [-0.3, -0.25) is 14.3 Å². The minimum Gasteiger partial charge on any atom is -0.333 e. The summed E-state index contributed by atoms with van der Waals surface area (Å²) in [6, 6.07) is 13.5. The Hall–Kier alpha value is -3.38. The third-order valence-corrected chi connectivity index (χ3v) is 5.98. The van der Waals surface area contributed by atoms with E-state index in [-0.39, 0.29) is 18.4 Å². The molecule has 1 N–H and O–H groups in total. The lowest BCUT2D eigenvalue weighted by Gasteiger charge is -2.16. The zero-order valence-electron chi connectivity index (χ0n) is 19.6. The number of aromatic nitrogens is 2. The van der Waals surface area contributed by atoms with E-state index in [1.807, 2.05) is 74.8 Å². The summed E-state index contributed by atoms with van der Waals surface area (Å²) < 4.78 is 1.88. The monoisotopic (exact) mass is 464 g/mol. The Labute approximate surface area is 199 Å². The number of para-hydroxylation sites is 1. The van der Waals surface area contributed by atoms with E-state index < -0.39 is 0 Å². The van der Waals surface area contributed by atoms with Crippen molar-refractivity contribution < 1.29 is 9.59 Å². The number of carbonyl (C=O) groups excluding carboxylic acids is 2. The number of rotatable bonds is 7. The van der Waals surface area contributed by atoms with Crippen molar-refractivity contribution in [1.29, 1.82) is 0 Å². The Morgan fingerprint density at radius 2 is 1.73 bits per heavy atom. The summed E-state index contributed by atoms with van der Waals surface area (Å²) in [6.45, 7) is 8.26. The van der Waals surface area contributed by atoms with Crippen LogP contribution in [0.15, 0.2) is 48.5 Å². The van der Waals surface area contributed by atoms with Gasteiger partial charge in [0.1, 0.15) is 0 Å². The summed E-state index contributed by atoms with van der Waals surface area (Å²) in [6.07, 6.45) is 3.23. The van der Waals surface area contributed by atoms with Crippen molar-refractivity contribution in [2.24, 2.45) is 0 Å². The molecular weight excluding hydrogens is 436 g/mol. The minimum absolute atomic E-state index is 0.0410. The van der Waals surface area contributed by atoms with Gasteiger partial charge in [0.2, 0.25) is 11.8 Å². The van der Waals surface area contributed by atoms with Crippen LogP contribution in [0.2, 0.25) is 5.02 Å². The van der Waals surface area contributed by atoms with E-state index in [1.165, 1.54) is 11.0 Å². The van der Waals surface area contributed by atoms with E-state index in [9.17, 15) is 9.59 Å². The van der Waals surface area contributed by atoms with E-state index in [2.05, 4.69) is 10.4 Å². The number of anilines is 1. The average molecular weight is 465 g/mol. The summed E-state index contributed by atoms with van der Waals surface area (Å²) in [7, 11) is 1.61. The number of carbonyl (C=O) groups is 2. The predicted octanol–water partition coefficient (Wildman–Crippen LogP) is 4.93. The van der Waals surface area contributed by atoms with Gasteiger partial charge in [0, 0.05) is 35.1 Å². The maximum atomic E-state index is 12.6. The first-order chi connectivity index (χ1) is 15.7. The van der Waals surface area contributed by atoms with Crippen LogP contribution in [0.25, 0.3) is 6.08 Å². The number of amides is 2. The number of likely N-dealkylation sites (N-methyl/N-ethyl adjacent to an activating group) is 1. The van der Waals surface area contributed by atoms with Crippen LogP contribution in [0.5, 0.6) is 0 Å². The van der Waals surface area contributed by atoms with Gasteiger partial charge in [-0.05, 0) is 56.5 Å². The van der Waals surface area contributed by atoms with Crippen molar-refractivity contribution >= 4 is 35.2 Å². The van der Waals surface area contributed by atoms with Gasteiger partial charge in [0.15, 0.2) is 0 Å². The predicted molar refractivity (Wildman–Crippen MR) is 133 cm³/mol. The molecule has 7 heteroatoms. The molecule has 3 rings (SSSR count). The van der Waals surface area contributed by atoms with Crippen molar-refractivity contribution in [3.8, 4) is 0 Å². The molecule has 0 atom stereocenters. The van der Waals surface area contributed by atoms with Crippen LogP contribution in [0.4, 0.5) is 5.69 Å². The van der Waals surface area contributed by atoms with Crippen LogP contribution in [-0.2, 0) is 16.1 Å². The molecule has 172 valence electrons. The van der Waals surface area contributed by atoms with Gasteiger partial charge in [-0.15, -0.1) is 0 Å². The zero-order chi connectivity index (χ0) is 24.1. The third-order valence-electron chi connectivity index (χ3n) is 5.61. The standard InChI is InChI=1S/C26H29ClN4O2/c1-17-9-8-10-18(2)26(17)28-24(32)16-30(5)25(33)14-13-22-19(3)29-31(20(22)4)15-21-11-6-7-12-23(21)27/h6-14H,15-16H2,1-5H3,(H,28,32)/b14-13+. The first kappa shape index (κ1) is 24.3. The van der Waals surface area contributed by atoms with E-state index in [4.69, 9.17) is 11.6 Å². The lowest BCUT2D eigenvalue weighted by molar-refractivity contribution is -0.129. The molecule has 0 saturated heterocycles. The van der Waals surface area contributed by atoms with Gasteiger partial charge in [0.05, 0.1) is 18.8 Å². The first-order valence-corrected chi connectivity index (χ1v) is 11.1. The van der Waals surface area contributed by atoms with Crippen molar-refractivity contribution in [3.05, 3.63) is 87.2 Å². The number of halogens is 1. The third kappa shape index (κ3) is 5.90. The molecule has 0 unspecified atom stereocenters. The molecule has 2 aromatic carbocycles. The topological polar surface area (TPSA) is 67.2 Å². The lowest BCUT2D eigenvalue weighted by atomic mass is 10.1. The number of hydrogen-bond acceptors (Lipinski definition) is 3. The van der Waals surface area contributed by atoms with Crippen LogP contribution < -0.4 is 5.32 Å². The van der Waals surface area contributed by atoms with Gasteiger partial charge in [-0.25, -0.2) is 0 Å². The van der Waals surface area contributed by atoms with Crippen molar-refractivity contribution in [2.45, 2.75) is 34.2 Å². The van der Waals surface area contributed by atoms with Gasteiger partial charge >= 0.3 is 0 Å². The van der Waals surface area contributed by atoms with E-state index in [0.717, 1.165) is 39.3 Å². The van der Waals surface area contributed by atoms with Crippen molar-refractivity contribution in [2.75, 3.05) is 18.9 Å². The molecule has 0 bridgehead atoms. The smallest absolute Gasteiger partial charge is 0.246 e. The Morgan fingerprint density at radius 1 is 1.06 bits per heavy atom. The van der Waals surface area contributed by atoms with Crippen LogP contribution in [0.1, 0.15) is 33.6 Å². The van der Waals surface area contributed by atoms with Crippen LogP contribution >= 0.6 is 11.6 Å². The number of benzene rings is 2. The molecule has 0 aliphatic heterocycles. The number of aryl methyl sites for hydroxylation is 3. The molecule has 0 aliphatic rings. The Kier molecular flexibility index (Phi) is 7.71. The van der Waals surface area contributed by atoms with Crippen LogP contribution in [0, 0.1) is 27.7 Å². The SMILES string of the molecule is Cc1cccc(C)c1NC(=O)CN(C)C(=O)/C=C/c1c(C)nn(Cc2ccccc2Cl)c1C. The molecule has 1 aromatic heterocycles. The minimum atomic E-state index is -0.260. The summed E-state index contributed by atoms with van der Waals surface area (Å²) in [5.74, 6) is -0.499. The molecule has 3 aromatic rings. The van der Waals surface area contributed by atoms with Gasteiger partial charge < -0.3 is 10.2 Å². The number of hydrogen-bond donors (Lipinski definition) is 1. The fourth-order valence-corrected chi connectivity index (χ4v) is 3.86. The normalized spacial score (nSPS) is 11.1. The fraction of sp³-hybridized carbons (Fsp3) is 0.269. The summed E-state index contributed by atoms with van der Waals surface area (Å²) in [5, 5.41) is 8.20. The first-order valence-electron chi connectivity index (χ1n) is 10.7. The molecule has 0 radical (unpaired) electrons. The molecule has 2 amide bonds. The highest BCUT2D eigenvalue weighted by Gasteiger charge is 2.14. The quantitative estimate of drug-likeness (QED) is 0.504. The maximum absolute atomic E-state index is 12.6. The molecule has 0 spiro atoms. The summed E-state index contributed by atoms with van der Waals surface area (Å²) in [4.78, 5) is 26.5. The molecule has 33 heavy (non-hydrogen) atoms. The second-order valence-electron chi connectivity index (χ2n) is 8.18. The van der Waals surface area contributed by atoms with Gasteiger partial charge in [0.25, 0.3) is 0 Å². The average Bonchev–Trinajstić information content (AvgIpc) is 3.03. The van der Waals surface area contributed by atoms with Crippen LogP contribution in [0.3, 0.4) is 0 Å². The highest BCUT2D eigenvalue weighted by atomic mass is 35.5. The number of nitrogens with zero attached hydrogens (tertiary/aromatic N) is 3. The molecule has 1 heterocycles. The summed E-state index contributed by atoms with van der Waals surface area (Å²) in [5.41, 5.74) is 6.37. The van der Waals surface area contributed by atoms with Crippen molar-refractivity contribution in [1.82, 2.24) is 14.7 Å². The molecule has 0 aliphatic carbocycles. The largest absolute Gasteiger partial charge is 0.333 e. The maximum Gasteiger partial charge on any atom is 0.246 e. The molecule has 6 nitrogen and oxygen atoms in total. The van der Waals surface area contributed by atoms with E-state index >= 15 is 0 Å². The Balaban J connectivity index is 1.65. The Morgan fingerprint density at radius 3 is 2.39 bits per heavy atom. The second kappa shape index (κ2) is 10.5. The summed E-state index contributed by atoms with van der Waals surface area (Å²) >= 11 is 6.28. The van der Waals surface area contributed by atoms with Crippen molar-refractivity contribution in [3.63, 3.8) is 0 Å². The molecule has 0 fully saturated rings. The van der Waals surface area contributed by atoms with Gasteiger partial charge in [-0.2, -0.15) is 5.10 Å². The number of nitrogens with one attached hydrogen (secondary N) is 1. The van der Waals surface area contributed by atoms with E-state index in [0.29, 0.717) is 11.6 Å². The fourth-order valence-electron chi connectivity index (χ4n) is 3.66. The zero-order valence-corrected chi connectivity index (χ0v) is 20.4. The Bertz CT molecular complexity index is 1190. The highest BCUT2D eigenvalue weighted by Crippen LogP contribution is 2.21. The van der Waals surface area contributed by atoms with E-state index in [1.54, 1.807) is 13.1 Å². The molecular formula is C26H29ClN4O2. The second-order valence-corrected chi connectivity index (χ2v) is 8.58. The van der Waals surface area contributed by atoms with Crippen LogP contribution in [-0.4, -0.2) is 40.1 Å². The lowest BCUT2D eigenvalue weighted by Crippen LogP contribution is -2.34. The molecule has 0 saturated carbocycles.